The summed E-state index contributed by atoms with van der Waals surface area (Å²) >= 11 is 0. The van der Waals surface area contributed by atoms with Crippen LogP contribution in [0.5, 0.6) is 0 Å². The quantitative estimate of drug-likeness (QED) is 0.668. The molecule has 4 heteroatoms. The number of aromatic nitrogens is 1. The predicted molar refractivity (Wildman–Crippen MR) is 84.0 cm³/mol. The lowest BCUT2D eigenvalue weighted by molar-refractivity contribution is 1.01. The zero-order chi connectivity index (χ0) is 11.7. The summed E-state index contributed by atoms with van der Waals surface area (Å²) in [5.74, 6) is 0. The Hall–Kier alpha value is -1.77. The first kappa shape index (κ1) is 15.3. The largest absolute Gasteiger partial charge is 0.284 e. The minimum Gasteiger partial charge on any atom is -0.284 e. The molecule has 0 aliphatic rings. The lowest BCUT2D eigenvalue weighted by Gasteiger charge is -2.06. The molecular weight excluding hydrogens is 281 g/mol. The maximum atomic E-state index is 12.3. The van der Waals surface area contributed by atoms with Crippen molar-refractivity contribution in [3.05, 3.63) is 77.2 Å². The molecular formula is C15H13Cl2NO. The Morgan fingerprint density at radius 3 is 2.11 bits per heavy atom. The van der Waals surface area contributed by atoms with Gasteiger partial charge in [0.25, 0.3) is 5.56 Å². The summed E-state index contributed by atoms with van der Waals surface area (Å²) in [6.07, 6.45) is 1.82. The van der Waals surface area contributed by atoms with Crippen LogP contribution < -0.4 is 5.56 Å². The van der Waals surface area contributed by atoms with Crippen LogP contribution in [0.3, 0.4) is 0 Å². The molecule has 2 nitrogen and oxygen atoms in total. The third kappa shape index (κ3) is 2.80. The van der Waals surface area contributed by atoms with Crippen molar-refractivity contribution in [2.45, 2.75) is 0 Å². The summed E-state index contributed by atoms with van der Waals surface area (Å²) in [6.45, 7) is 0. The first-order valence-electron chi connectivity index (χ1n) is 5.52. The molecule has 19 heavy (non-hydrogen) atoms. The fourth-order valence-electron chi connectivity index (χ4n) is 1.98. The number of hydrogen-bond donors (Lipinski definition) is 0. The van der Waals surface area contributed by atoms with E-state index >= 15 is 0 Å². The van der Waals surface area contributed by atoms with Gasteiger partial charge in [0, 0.05) is 17.3 Å². The topological polar surface area (TPSA) is 22.0 Å². The van der Waals surface area contributed by atoms with Gasteiger partial charge in [-0.05, 0) is 29.7 Å². The number of rotatable bonds is 1. The van der Waals surface area contributed by atoms with Gasteiger partial charge in [-0.25, -0.2) is 0 Å². The van der Waals surface area contributed by atoms with Crippen molar-refractivity contribution in [2.24, 2.45) is 0 Å². The van der Waals surface area contributed by atoms with E-state index in [1.165, 1.54) is 0 Å². The summed E-state index contributed by atoms with van der Waals surface area (Å²) in [6, 6.07) is 19.2. The van der Waals surface area contributed by atoms with Crippen LogP contribution >= 0.6 is 24.8 Å². The van der Waals surface area contributed by atoms with Crippen LogP contribution in [0.2, 0.25) is 0 Å². The van der Waals surface area contributed by atoms with Crippen molar-refractivity contribution in [3.63, 3.8) is 0 Å². The fraction of sp³-hybridized carbons (Fsp3) is 0. The van der Waals surface area contributed by atoms with E-state index in [4.69, 9.17) is 0 Å². The van der Waals surface area contributed by atoms with E-state index in [-0.39, 0.29) is 30.4 Å². The number of hydrogen-bond acceptors (Lipinski definition) is 1. The number of fused-ring (bicyclic) bond motifs is 1. The van der Waals surface area contributed by atoms with Crippen LogP contribution in [-0.2, 0) is 0 Å². The van der Waals surface area contributed by atoms with Crippen LogP contribution in [0.25, 0.3) is 16.5 Å². The van der Waals surface area contributed by atoms with Crippen molar-refractivity contribution in [3.8, 4) is 5.69 Å². The maximum Gasteiger partial charge on any atom is 0.262 e. The van der Waals surface area contributed by atoms with E-state index in [1.54, 1.807) is 4.57 Å². The molecule has 0 atom stereocenters. The molecule has 98 valence electrons. The lowest BCUT2D eigenvalue weighted by Crippen LogP contribution is -2.17. The standard InChI is InChI=1S/C15H11NO.2ClH/c17-15-14-9-5-4-6-12(14)10-11-16(15)13-7-2-1-3-8-13;;/h1-11H;2*1H. The zero-order valence-corrected chi connectivity index (χ0v) is 11.7. The van der Waals surface area contributed by atoms with Gasteiger partial charge < -0.3 is 0 Å². The highest BCUT2D eigenvalue weighted by Gasteiger charge is 2.02. The van der Waals surface area contributed by atoms with Gasteiger partial charge in [0.1, 0.15) is 0 Å². The molecule has 0 N–H and O–H groups in total. The Morgan fingerprint density at radius 1 is 0.737 bits per heavy atom. The van der Waals surface area contributed by atoms with Crippen molar-refractivity contribution < 1.29 is 0 Å². The molecule has 0 fully saturated rings. The molecule has 2 aromatic carbocycles. The second-order valence-electron chi connectivity index (χ2n) is 3.91. The van der Waals surface area contributed by atoms with Gasteiger partial charge in [0.05, 0.1) is 0 Å². The summed E-state index contributed by atoms with van der Waals surface area (Å²) in [7, 11) is 0. The molecule has 0 spiro atoms. The van der Waals surface area contributed by atoms with Crippen LogP contribution in [-0.4, -0.2) is 4.57 Å². The Balaban J connectivity index is 0.000000902. The SMILES string of the molecule is Cl.Cl.O=c1c2ccccc2ccn1-c1ccccc1. The first-order valence-corrected chi connectivity index (χ1v) is 5.52. The molecule has 1 aromatic heterocycles. The summed E-state index contributed by atoms with van der Waals surface area (Å²) in [4.78, 5) is 12.3. The molecule has 0 saturated carbocycles. The molecule has 0 bridgehead atoms. The number of nitrogens with zero attached hydrogens (tertiary/aromatic N) is 1. The maximum absolute atomic E-state index is 12.3. The number of halogens is 2. The van der Waals surface area contributed by atoms with Gasteiger partial charge in [-0.2, -0.15) is 0 Å². The van der Waals surface area contributed by atoms with Gasteiger partial charge in [0.2, 0.25) is 0 Å². The van der Waals surface area contributed by atoms with Crippen LogP contribution in [0.4, 0.5) is 0 Å². The van der Waals surface area contributed by atoms with Crippen molar-refractivity contribution in [2.75, 3.05) is 0 Å². The Bertz CT molecular complexity index is 723. The second kappa shape index (κ2) is 6.41. The summed E-state index contributed by atoms with van der Waals surface area (Å²) in [5, 5.41) is 1.73. The number of benzene rings is 2. The van der Waals surface area contributed by atoms with E-state index in [2.05, 4.69) is 0 Å². The third-order valence-electron chi connectivity index (χ3n) is 2.85. The van der Waals surface area contributed by atoms with Gasteiger partial charge in [-0.15, -0.1) is 24.8 Å². The monoisotopic (exact) mass is 293 g/mol. The highest BCUT2D eigenvalue weighted by molar-refractivity contribution is 5.85. The Labute approximate surface area is 123 Å². The lowest BCUT2D eigenvalue weighted by atomic mass is 10.2. The van der Waals surface area contributed by atoms with E-state index in [0.717, 1.165) is 16.5 Å². The van der Waals surface area contributed by atoms with Crippen LogP contribution in [0.1, 0.15) is 0 Å². The van der Waals surface area contributed by atoms with E-state index < -0.39 is 0 Å². The molecule has 0 saturated heterocycles. The average Bonchev–Trinajstić information content (AvgIpc) is 2.40. The van der Waals surface area contributed by atoms with Gasteiger partial charge in [-0.3, -0.25) is 9.36 Å². The van der Waals surface area contributed by atoms with Gasteiger partial charge >= 0.3 is 0 Å². The highest BCUT2D eigenvalue weighted by Crippen LogP contribution is 2.11. The highest BCUT2D eigenvalue weighted by atomic mass is 35.5. The van der Waals surface area contributed by atoms with Crippen molar-refractivity contribution in [1.82, 2.24) is 4.57 Å². The Kier molecular flexibility index (Phi) is 5.16. The molecule has 0 aliphatic carbocycles. The van der Waals surface area contributed by atoms with E-state index in [0.29, 0.717) is 0 Å². The summed E-state index contributed by atoms with van der Waals surface area (Å²) in [5.41, 5.74) is 0.914. The molecule has 3 rings (SSSR count). The van der Waals surface area contributed by atoms with Gasteiger partial charge in [-0.1, -0.05) is 36.4 Å². The molecule has 0 amide bonds. The van der Waals surface area contributed by atoms with E-state index in [1.807, 2.05) is 66.9 Å². The molecule has 1 heterocycles. The predicted octanol–water partition coefficient (Wildman–Crippen LogP) is 3.83. The van der Waals surface area contributed by atoms with Crippen molar-refractivity contribution >= 4 is 35.6 Å². The number of para-hydroxylation sites is 1. The number of pyridine rings is 1. The molecule has 3 aromatic rings. The minimum absolute atomic E-state index is 0. The van der Waals surface area contributed by atoms with Gasteiger partial charge in [0.15, 0.2) is 0 Å². The summed E-state index contributed by atoms with van der Waals surface area (Å²) < 4.78 is 1.67. The average molecular weight is 294 g/mol. The second-order valence-corrected chi connectivity index (χ2v) is 3.91. The smallest absolute Gasteiger partial charge is 0.262 e. The third-order valence-corrected chi connectivity index (χ3v) is 2.85. The molecule has 0 aliphatic heterocycles. The molecule has 0 radical (unpaired) electrons. The Morgan fingerprint density at radius 2 is 1.37 bits per heavy atom. The van der Waals surface area contributed by atoms with Crippen LogP contribution in [0.15, 0.2) is 71.7 Å². The fourth-order valence-corrected chi connectivity index (χ4v) is 1.98. The minimum atomic E-state index is 0. The van der Waals surface area contributed by atoms with E-state index in [9.17, 15) is 4.79 Å². The zero-order valence-electron chi connectivity index (χ0n) is 10.0. The normalized spacial score (nSPS) is 9.47. The van der Waals surface area contributed by atoms with Crippen molar-refractivity contribution in [1.29, 1.82) is 0 Å². The molecule has 0 unspecified atom stereocenters. The first-order chi connectivity index (χ1) is 8.36. The van der Waals surface area contributed by atoms with Crippen LogP contribution in [0, 0.1) is 0 Å².